The topological polar surface area (TPSA) is 38.9 Å². The van der Waals surface area contributed by atoms with Crippen LogP contribution in [0, 0.1) is 5.92 Å². The molecule has 2 heteroatoms. The summed E-state index contributed by atoms with van der Waals surface area (Å²) in [6.45, 7) is 4.45. The summed E-state index contributed by atoms with van der Waals surface area (Å²) in [7, 11) is 0. The first kappa shape index (κ1) is 11.2. The molecule has 1 rings (SSSR count). The molecule has 2 N–H and O–H groups in total. The van der Waals surface area contributed by atoms with Gasteiger partial charge in [-0.3, -0.25) is 4.98 Å². The predicted molar refractivity (Wildman–Crippen MR) is 59.9 cm³/mol. The van der Waals surface area contributed by atoms with E-state index in [9.17, 15) is 0 Å². The quantitative estimate of drug-likeness (QED) is 0.779. The Bertz CT molecular complexity index is 242. The molecule has 1 aromatic rings. The molecule has 1 heterocycles. The lowest BCUT2D eigenvalue weighted by Crippen LogP contribution is -2.15. The van der Waals surface area contributed by atoms with Gasteiger partial charge in [-0.15, -0.1) is 0 Å². The van der Waals surface area contributed by atoms with Gasteiger partial charge in [0.1, 0.15) is 0 Å². The average molecular weight is 192 g/mol. The second-order valence-electron chi connectivity index (χ2n) is 3.81. The summed E-state index contributed by atoms with van der Waals surface area (Å²) in [4.78, 5) is 4.08. The third kappa shape index (κ3) is 3.11. The van der Waals surface area contributed by atoms with Crippen LogP contribution in [-0.2, 0) is 0 Å². The molecule has 0 aliphatic rings. The van der Waals surface area contributed by atoms with E-state index in [0.29, 0.717) is 0 Å². The van der Waals surface area contributed by atoms with Crippen LogP contribution < -0.4 is 5.73 Å². The molecule has 0 fully saturated rings. The lowest BCUT2D eigenvalue weighted by atomic mass is 9.92. The Morgan fingerprint density at radius 1 is 1.36 bits per heavy atom. The number of hydrogen-bond donors (Lipinski definition) is 1. The summed E-state index contributed by atoms with van der Waals surface area (Å²) >= 11 is 0. The Kier molecular flexibility index (Phi) is 4.60. The fourth-order valence-corrected chi connectivity index (χ4v) is 1.71. The fraction of sp³-hybridized carbons (Fsp3) is 0.583. The van der Waals surface area contributed by atoms with E-state index in [-0.39, 0.29) is 6.04 Å². The summed E-state index contributed by atoms with van der Waals surface area (Å²) in [5, 5.41) is 0. The summed E-state index contributed by atoms with van der Waals surface area (Å²) in [5.74, 6) is 0.741. The van der Waals surface area contributed by atoms with Gasteiger partial charge in [-0.1, -0.05) is 32.8 Å². The first-order chi connectivity index (χ1) is 6.77. The maximum Gasteiger partial charge on any atom is 0.0315 e. The molecular weight excluding hydrogens is 172 g/mol. The molecule has 1 atom stereocenters. The van der Waals surface area contributed by atoms with Gasteiger partial charge in [0.25, 0.3) is 0 Å². The predicted octanol–water partition coefficient (Wildman–Crippen LogP) is 2.91. The van der Waals surface area contributed by atoms with Gasteiger partial charge in [0.2, 0.25) is 0 Å². The van der Waals surface area contributed by atoms with E-state index in [4.69, 9.17) is 5.73 Å². The molecule has 0 spiro atoms. The highest BCUT2D eigenvalue weighted by atomic mass is 14.7. The van der Waals surface area contributed by atoms with E-state index < -0.39 is 0 Å². The third-order valence-electron chi connectivity index (χ3n) is 2.85. The Morgan fingerprint density at radius 3 is 2.57 bits per heavy atom. The second kappa shape index (κ2) is 5.76. The Balaban J connectivity index is 2.54. The lowest BCUT2D eigenvalue weighted by Gasteiger charge is -2.18. The van der Waals surface area contributed by atoms with Gasteiger partial charge in [-0.25, -0.2) is 0 Å². The van der Waals surface area contributed by atoms with Gasteiger partial charge in [0.05, 0.1) is 0 Å². The molecule has 2 nitrogen and oxygen atoms in total. The fourth-order valence-electron chi connectivity index (χ4n) is 1.71. The molecule has 0 bridgehead atoms. The molecule has 1 aromatic heterocycles. The zero-order chi connectivity index (χ0) is 10.4. The van der Waals surface area contributed by atoms with Gasteiger partial charge >= 0.3 is 0 Å². The Hall–Kier alpha value is -0.890. The molecule has 0 saturated heterocycles. The summed E-state index contributed by atoms with van der Waals surface area (Å²) in [5.41, 5.74) is 7.26. The molecule has 0 aliphatic heterocycles. The SMILES string of the molecule is CCC(CC)C[C@H](N)c1cccnc1. The van der Waals surface area contributed by atoms with Crippen molar-refractivity contribution in [1.82, 2.24) is 4.98 Å². The van der Waals surface area contributed by atoms with Crippen molar-refractivity contribution in [3.63, 3.8) is 0 Å². The molecule has 0 amide bonds. The van der Waals surface area contributed by atoms with E-state index in [2.05, 4.69) is 24.9 Å². The van der Waals surface area contributed by atoms with Gasteiger partial charge in [-0.2, -0.15) is 0 Å². The van der Waals surface area contributed by atoms with Crippen LogP contribution in [0.4, 0.5) is 0 Å². The largest absolute Gasteiger partial charge is 0.324 e. The van der Waals surface area contributed by atoms with Crippen molar-refractivity contribution in [2.75, 3.05) is 0 Å². The Morgan fingerprint density at radius 2 is 2.07 bits per heavy atom. The monoisotopic (exact) mass is 192 g/mol. The van der Waals surface area contributed by atoms with Crippen LogP contribution in [-0.4, -0.2) is 4.98 Å². The minimum atomic E-state index is 0.147. The van der Waals surface area contributed by atoms with Gasteiger partial charge in [0.15, 0.2) is 0 Å². The second-order valence-corrected chi connectivity index (χ2v) is 3.81. The minimum absolute atomic E-state index is 0.147. The standard InChI is InChI=1S/C12H20N2/c1-3-10(4-2)8-12(13)11-6-5-7-14-9-11/h5-7,9-10,12H,3-4,8,13H2,1-2H3/t12-/m0/s1. The van der Waals surface area contributed by atoms with Crippen molar-refractivity contribution in [2.45, 2.75) is 39.2 Å². The van der Waals surface area contributed by atoms with Crippen LogP contribution in [0.15, 0.2) is 24.5 Å². The van der Waals surface area contributed by atoms with Gasteiger partial charge in [0, 0.05) is 18.4 Å². The first-order valence-corrected chi connectivity index (χ1v) is 5.43. The zero-order valence-corrected chi connectivity index (χ0v) is 9.11. The normalized spacial score (nSPS) is 13.1. The van der Waals surface area contributed by atoms with Crippen molar-refractivity contribution < 1.29 is 0 Å². The molecule has 0 aromatic carbocycles. The van der Waals surface area contributed by atoms with Crippen molar-refractivity contribution >= 4 is 0 Å². The van der Waals surface area contributed by atoms with Crippen LogP contribution in [0.3, 0.4) is 0 Å². The highest BCUT2D eigenvalue weighted by Crippen LogP contribution is 2.22. The van der Waals surface area contributed by atoms with Gasteiger partial charge < -0.3 is 5.73 Å². The van der Waals surface area contributed by atoms with E-state index in [0.717, 1.165) is 17.9 Å². The summed E-state index contributed by atoms with van der Waals surface area (Å²) in [6.07, 6.45) is 7.15. The van der Waals surface area contributed by atoms with E-state index in [1.165, 1.54) is 12.8 Å². The summed E-state index contributed by atoms with van der Waals surface area (Å²) in [6, 6.07) is 4.15. The molecule has 0 saturated carbocycles. The molecular formula is C12H20N2. The molecule has 14 heavy (non-hydrogen) atoms. The minimum Gasteiger partial charge on any atom is -0.324 e. The first-order valence-electron chi connectivity index (χ1n) is 5.43. The van der Waals surface area contributed by atoms with Crippen LogP contribution in [0.2, 0.25) is 0 Å². The van der Waals surface area contributed by atoms with Crippen LogP contribution in [0.25, 0.3) is 0 Å². The van der Waals surface area contributed by atoms with Crippen molar-refractivity contribution in [3.8, 4) is 0 Å². The lowest BCUT2D eigenvalue weighted by molar-refractivity contribution is 0.414. The highest BCUT2D eigenvalue weighted by Gasteiger charge is 2.11. The van der Waals surface area contributed by atoms with Crippen molar-refractivity contribution in [1.29, 1.82) is 0 Å². The smallest absolute Gasteiger partial charge is 0.0315 e. The number of aromatic nitrogens is 1. The molecule has 0 radical (unpaired) electrons. The van der Waals surface area contributed by atoms with Crippen molar-refractivity contribution in [2.24, 2.45) is 11.7 Å². The number of rotatable bonds is 5. The zero-order valence-electron chi connectivity index (χ0n) is 9.11. The Labute approximate surface area is 86.5 Å². The molecule has 0 aliphatic carbocycles. The van der Waals surface area contributed by atoms with Crippen molar-refractivity contribution in [3.05, 3.63) is 30.1 Å². The number of pyridine rings is 1. The number of nitrogens with zero attached hydrogens (tertiary/aromatic N) is 1. The van der Waals surface area contributed by atoms with E-state index >= 15 is 0 Å². The summed E-state index contributed by atoms with van der Waals surface area (Å²) < 4.78 is 0. The third-order valence-corrected chi connectivity index (χ3v) is 2.85. The molecule has 78 valence electrons. The van der Waals surface area contributed by atoms with E-state index in [1.807, 2.05) is 12.3 Å². The van der Waals surface area contributed by atoms with E-state index in [1.54, 1.807) is 6.20 Å². The molecule has 0 unspecified atom stereocenters. The number of hydrogen-bond acceptors (Lipinski definition) is 2. The van der Waals surface area contributed by atoms with Gasteiger partial charge in [-0.05, 0) is 24.0 Å². The van der Waals surface area contributed by atoms with Crippen LogP contribution >= 0.6 is 0 Å². The maximum atomic E-state index is 6.11. The number of nitrogens with two attached hydrogens (primary N) is 1. The van der Waals surface area contributed by atoms with Crippen LogP contribution in [0.1, 0.15) is 44.7 Å². The average Bonchev–Trinajstić information content (AvgIpc) is 2.26. The highest BCUT2D eigenvalue weighted by molar-refractivity contribution is 5.13. The maximum absolute atomic E-state index is 6.11. The van der Waals surface area contributed by atoms with Crippen LogP contribution in [0.5, 0.6) is 0 Å².